The molecule has 0 saturated heterocycles. The summed E-state index contributed by atoms with van der Waals surface area (Å²) in [6.45, 7) is 6.84. The van der Waals surface area contributed by atoms with Gasteiger partial charge in [0.15, 0.2) is 0 Å². The molecule has 0 spiro atoms. The lowest BCUT2D eigenvalue weighted by molar-refractivity contribution is -0.116. The molecular formula is C18H23N3O2. The highest BCUT2D eigenvalue weighted by atomic mass is 16.5. The monoisotopic (exact) mass is 313 g/mol. The number of carbonyl (C=O) groups excluding carboxylic acids is 1. The van der Waals surface area contributed by atoms with Crippen LogP contribution in [-0.4, -0.2) is 28.8 Å². The standard InChI is InChI=1S/C18H23N3O2/c1-13-5-7-16(8-6-13)23-12-11-19-18(22)10-9-17-14(2)20-21(4)15(17)3/h5-10H,11-12H2,1-4H3,(H,19,22)/b10-9+. The van der Waals surface area contributed by atoms with Crippen molar-refractivity contribution in [2.45, 2.75) is 20.8 Å². The van der Waals surface area contributed by atoms with Gasteiger partial charge in [0, 0.05) is 24.4 Å². The molecule has 0 aliphatic rings. The Labute approximate surface area is 137 Å². The van der Waals surface area contributed by atoms with E-state index in [4.69, 9.17) is 4.74 Å². The second kappa shape index (κ2) is 7.63. The molecule has 0 atom stereocenters. The number of hydrogen-bond donors (Lipinski definition) is 1. The van der Waals surface area contributed by atoms with Gasteiger partial charge < -0.3 is 10.1 Å². The second-order valence-corrected chi connectivity index (χ2v) is 5.49. The zero-order valence-corrected chi connectivity index (χ0v) is 14.1. The third-order valence-electron chi connectivity index (χ3n) is 3.66. The molecular weight excluding hydrogens is 290 g/mol. The van der Waals surface area contributed by atoms with E-state index in [1.807, 2.05) is 56.8 Å². The van der Waals surface area contributed by atoms with E-state index in [0.29, 0.717) is 13.2 Å². The van der Waals surface area contributed by atoms with Crippen LogP contribution in [0.2, 0.25) is 0 Å². The molecule has 0 aliphatic heterocycles. The fourth-order valence-electron chi connectivity index (χ4n) is 2.23. The molecule has 0 radical (unpaired) electrons. The molecule has 2 rings (SSSR count). The molecule has 1 aromatic carbocycles. The first-order chi connectivity index (χ1) is 11.0. The first-order valence-corrected chi connectivity index (χ1v) is 7.63. The Balaban J connectivity index is 1.76. The summed E-state index contributed by atoms with van der Waals surface area (Å²) in [6.07, 6.45) is 3.33. The zero-order valence-electron chi connectivity index (χ0n) is 14.1. The first-order valence-electron chi connectivity index (χ1n) is 7.63. The van der Waals surface area contributed by atoms with Gasteiger partial charge in [0.1, 0.15) is 12.4 Å². The lowest BCUT2D eigenvalue weighted by Gasteiger charge is -2.06. The van der Waals surface area contributed by atoms with Crippen molar-refractivity contribution in [3.05, 3.63) is 52.9 Å². The molecule has 1 heterocycles. The van der Waals surface area contributed by atoms with Gasteiger partial charge in [-0.3, -0.25) is 9.48 Å². The summed E-state index contributed by atoms with van der Waals surface area (Å²) in [5.74, 6) is 0.669. The molecule has 0 saturated carbocycles. The Morgan fingerprint density at radius 3 is 2.57 bits per heavy atom. The van der Waals surface area contributed by atoms with Gasteiger partial charge in [-0.25, -0.2) is 0 Å². The van der Waals surface area contributed by atoms with E-state index in [2.05, 4.69) is 10.4 Å². The van der Waals surface area contributed by atoms with Crippen LogP contribution in [0.25, 0.3) is 6.08 Å². The van der Waals surface area contributed by atoms with Gasteiger partial charge in [0.05, 0.1) is 12.2 Å². The van der Waals surface area contributed by atoms with Crippen molar-refractivity contribution >= 4 is 12.0 Å². The fourth-order valence-corrected chi connectivity index (χ4v) is 2.23. The summed E-state index contributed by atoms with van der Waals surface area (Å²) >= 11 is 0. The van der Waals surface area contributed by atoms with Crippen LogP contribution in [0.1, 0.15) is 22.5 Å². The molecule has 5 nitrogen and oxygen atoms in total. The number of aromatic nitrogens is 2. The van der Waals surface area contributed by atoms with Crippen molar-refractivity contribution in [1.82, 2.24) is 15.1 Å². The number of nitrogens with one attached hydrogen (secondary N) is 1. The number of amides is 1. The van der Waals surface area contributed by atoms with Crippen LogP contribution in [0.5, 0.6) is 5.75 Å². The summed E-state index contributed by atoms with van der Waals surface area (Å²) in [7, 11) is 1.89. The number of aryl methyl sites for hydroxylation is 3. The third kappa shape index (κ3) is 4.71. The maximum absolute atomic E-state index is 11.8. The average Bonchev–Trinajstić information content (AvgIpc) is 2.76. The number of benzene rings is 1. The molecule has 0 fully saturated rings. The Kier molecular flexibility index (Phi) is 5.57. The lowest BCUT2D eigenvalue weighted by atomic mass is 10.2. The summed E-state index contributed by atoms with van der Waals surface area (Å²) in [5.41, 5.74) is 4.13. The van der Waals surface area contributed by atoms with Crippen LogP contribution in [-0.2, 0) is 11.8 Å². The van der Waals surface area contributed by atoms with Gasteiger partial charge in [-0.05, 0) is 39.0 Å². The lowest BCUT2D eigenvalue weighted by Crippen LogP contribution is -2.26. The van der Waals surface area contributed by atoms with Crippen LogP contribution >= 0.6 is 0 Å². The number of hydrogen-bond acceptors (Lipinski definition) is 3. The Bertz CT molecular complexity index is 700. The molecule has 2 aromatic rings. The number of carbonyl (C=O) groups is 1. The van der Waals surface area contributed by atoms with Crippen molar-refractivity contribution in [1.29, 1.82) is 0 Å². The third-order valence-corrected chi connectivity index (χ3v) is 3.66. The van der Waals surface area contributed by atoms with E-state index in [1.165, 1.54) is 11.6 Å². The van der Waals surface area contributed by atoms with Gasteiger partial charge in [0.2, 0.25) is 5.91 Å². The van der Waals surface area contributed by atoms with Crippen molar-refractivity contribution in [2.24, 2.45) is 7.05 Å². The molecule has 1 amide bonds. The summed E-state index contributed by atoms with van der Waals surface area (Å²) in [6, 6.07) is 7.83. The SMILES string of the molecule is Cc1ccc(OCCNC(=O)/C=C/c2c(C)nn(C)c2C)cc1. The predicted molar refractivity (Wildman–Crippen MR) is 91.4 cm³/mol. The molecule has 23 heavy (non-hydrogen) atoms. The number of rotatable bonds is 6. The highest BCUT2D eigenvalue weighted by molar-refractivity contribution is 5.91. The summed E-state index contributed by atoms with van der Waals surface area (Å²) < 4.78 is 7.37. The molecule has 1 N–H and O–H groups in total. The Hall–Kier alpha value is -2.56. The minimum Gasteiger partial charge on any atom is -0.492 e. The maximum atomic E-state index is 11.8. The van der Waals surface area contributed by atoms with E-state index in [9.17, 15) is 4.79 Å². The van der Waals surface area contributed by atoms with Crippen LogP contribution in [0, 0.1) is 20.8 Å². The average molecular weight is 313 g/mol. The summed E-state index contributed by atoms with van der Waals surface area (Å²) in [5, 5.41) is 7.12. The van der Waals surface area contributed by atoms with Crippen LogP contribution in [0.4, 0.5) is 0 Å². The van der Waals surface area contributed by atoms with Crippen molar-refractivity contribution in [2.75, 3.05) is 13.2 Å². The maximum Gasteiger partial charge on any atom is 0.244 e. The molecule has 0 bridgehead atoms. The minimum atomic E-state index is -0.139. The fraction of sp³-hybridized carbons (Fsp3) is 0.333. The quantitative estimate of drug-likeness (QED) is 0.659. The Morgan fingerprint density at radius 1 is 1.26 bits per heavy atom. The Morgan fingerprint density at radius 2 is 1.96 bits per heavy atom. The van der Waals surface area contributed by atoms with Crippen molar-refractivity contribution in [3.63, 3.8) is 0 Å². The van der Waals surface area contributed by atoms with Crippen molar-refractivity contribution < 1.29 is 9.53 Å². The van der Waals surface area contributed by atoms with E-state index in [0.717, 1.165) is 22.7 Å². The second-order valence-electron chi connectivity index (χ2n) is 5.49. The molecule has 122 valence electrons. The van der Waals surface area contributed by atoms with Crippen LogP contribution in [0.15, 0.2) is 30.3 Å². The molecule has 0 aliphatic carbocycles. The molecule has 5 heteroatoms. The minimum absolute atomic E-state index is 0.139. The van der Waals surface area contributed by atoms with E-state index in [1.54, 1.807) is 6.08 Å². The van der Waals surface area contributed by atoms with E-state index in [-0.39, 0.29) is 5.91 Å². The highest BCUT2D eigenvalue weighted by Gasteiger charge is 2.06. The highest BCUT2D eigenvalue weighted by Crippen LogP contribution is 2.13. The number of nitrogens with zero attached hydrogens (tertiary/aromatic N) is 2. The van der Waals surface area contributed by atoms with Crippen molar-refractivity contribution in [3.8, 4) is 5.75 Å². The molecule has 0 unspecified atom stereocenters. The van der Waals surface area contributed by atoms with Gasteiger partial charge in [-0.2, -0.15) is 5.10 Å². The van der Waals surface area contributed by atoms with Crippen LogP contribution in [0.3, 0.4) is 0 Å². The molecule has 1 aromatic heterocycles. The van der Waals surface area contributed by atoms with E-state index < -0.39 is 0 Å². The summed E-state index contributed by atoms with van der Waals surface area (Å²) in [4.78, 5) is 11.8. The first kappa shape index (κ1) is 16.8. The van der Waals surface area contributed by atoms with Crippen LogP contribution < -0.4 is 10.1 Å². The topological polar surface area (TPSA) is 56.1 Å². The van der Waals surface area contributed by atoms with Gasteiger partial charge in [0.25, 0.3) is 0 Å². The number of ether oxygens (including phenoxy) is 1. The van der Waals surface area contributed by atoms with E-state index >= 15 is 0 Å². The van der Waals surface area contributed by atoms with Gasteiger partial charge in [-0.15, -0.1) is 0 Å². The normalized spacial score (nSPS) is 11.0. The zero-order chi connectivity index (χ0) is 16.8. The van der Waals surface area contributed by atoms with Gasteiger partial charge in [-0.1, -0.05) is 17.7 Å². The largest absolute Gasteiger partial charge is 0.492 e. The van der Waals surface area contributed by atoms with Gasteiger partial charge >= 0.3 is 0 Å². The smallest absolute Gasteiger partial charge is 0.244 e. The predicted octanol–water partition coefficient (Wildman–Crippen LogP) is 2.55.